The molecule has 1 aliphatic carbocycles. The van der Waals surface area contributed by atoms with Crippen LogP contribution < -0.4 is 0 Å². The quantitative estimate of drug-likeness (QED) is 0.921. The van der Waals surface area contributed by atoms with Gasteiger partial charge >= 0.3 is 0 Å². The lowest BCUT2D eigenvalue weighted by molar-refractivity contribution is 0.0848. The van der Waals surface area contributed by atoms with Gasteiger partial charge in [-0.2, -0.15) is 0 Å². The average molecular weight is 283 g/mol. The zero-order chi connectivity index (χ0) is 14.0. The minimum atomic E-state index is -3.01. The summed E-state index contributed by atoms with van der Waals surface area (Å²) in [4.78, 5) is 4.18. The van der Waals surface area contributed by atoms with E-state index in [9.17, 15) is 13.5 Å². The Kier molecular flexibility index (Phi) is 4.26. The Hall–Kier alpha value is -0.940. The summed E-state index contributed by atoms with van der Waals surface area (Å²) in [5.74, 6) is 0.0105. The molecule has 3 unspecified atom stereocenters. The first-order valence-electron chi connectivity index (χ1n) is 6.68. The van der Waals surface area contributed by atoms with Gasteiger partial charge in [0.2, 0.25) is 0 Å². The summed E-state index contributed by atoms with van der Waals surface area (Å²) in [6.45, 7) is 1.87. The molecule has 3 atom stereocenters. The molecule has 1 aromatic rings. The van der Waals surface area contributed by atoms with E-state index in [2.05, 4.69) is 4.98 Å². The van der Waals surface area contributed by atoms with E-state index in [1.165, 1.54) is 6.26 Å². The minimum Gasteiger partial charge on any atom is -0.388 e. The zero-order valence-electron chi connectivity index (χ0n) is 11.4. The van der Waals surface area contributed by atoms with Gasteiger partial charge < -0.3 is 5.11 Å². The van der Waals surface area contributed by atoms with Crippen molar-refractivity contribution in [2.45, 2.75) is 44.0 Å². The zero-order valence-corrected chi connectivity index (χ0v) is 12.2. The van der Waals surface area contributed by atoms with Crippen molar-refractivity contribution in [1.82, 2.24) is 4.98 Å². The Balaban J connectivity index is 2.16. The molecule has 0 aromatic carbocycles. The summed E-state index contributed by atoms with van der Waals surface area (Å²) >= 11 is 0. The van der Waals surface area contributed by atoms with Crippen molar-refractivity contribution in [3.05, 3.63) is 29.6 Å². The van der Waals surface area contributed by atoms with E-state index in [4.69, 9.17) is 0 Å². The van der Waals surface area contributed by atoms with Gasteiger partial charge in [0.15, 0.2) is 0 Å². The highest BCUT2D eigenvalue weighted by Crippen LogP contribution is 2.37. The molecule has 1 aromatic heterocycles. The molecule has 19 heavy (non-hydrogen) atoms. The fourth-order valence-electron chi connectivity index (χ4n) is 2.92. The maximum Gasteiger partial charge on any atom is 0.150 e. The SMILES string of the molecule is Cc1ncccc1C(O)C1CCCC(S(C)(=O)=O)C1. The maximum absolute atomic E-state index is 11.7. The normalized spacial score (nSPS) is 26.1. The summed E-state index contributed by atoms with van der Waals surface area (Å²) in [5.41, 5.74) is 1.64. The van der Waals surface area contributed by atoms with Gasteiger partial charge in [-0.05, 0) is 38.2 Å². The number of sulfone groups is 1. The van der Waals surface area contributed by atoms with Crippen LogP contribution in [0.5, 0.6) is 0 Å². The third kappa shape index (κ3) is 3.34. The highest BCUT2D eigenvalue weighted by Gasteiger charge is 2.33. The highest BCUT2D eigenvalue weighted by atomic mass is 32.2. The van der Waals surface area contributed by atoms with Crippen LogP contribution in [0, 0.1) is 12.8 Å². The Bertz CT molecular complexity index is 541. The standard InChI is InChI=1S/C14H21NO3S/c1-10-13(7-4-8-15-10)14(16)11-5-3-6-12(9-11)19(2,17)18/h4,7-8,11-12,14,16H,3,5-6,9H2,1-2H3. The van der Waals surface area contributed by atoms with Gasteiger partial charge in [0.25, 0.3) is 0 Å². The summed E-state index contributed by atoms with van der Waals surface area (Å²) in [7, 11) is -3.01. The van der Waals surface area contributed by atoms with E-state index < -0.39 is 15.9 Å². The summed E-state index contributed by atoms with van der Waals surface area (Å²) in [6, 6.07) is 3.68. The predicted octanol–water partition coefficient (Wildman–Crippen LogP) is 2.03. The van der Waals surface area contributed by atoms with E-state index in [0.717, 1.165) is 24.1 Å². The molecule has 1 saturated carbocycles. The van der Waals surface area contributed by atoms with Gasteiger partial charge in [0.05, 0.1) is 11.4 Å². The van der Waals surface area contributed by atoms with Crippen LogP contribution in [0.1, 0.15) is 43.0 Å². The van der Waals surface area contributed by atoms with Gasteiger partial charge in [-0.15, -0.1) is 0 Å². The largest absolute Gasteiger partial charge is 0.388 e. The van der Waals surface area contributed by atoms with Crippen LogP contribution in [0.3, 0.4) is 0 Å². The van der Waals surface area contributed by atoms with E-state index in [-0.39, 0.29) is 11.2 Å². The van der Waals surface area contributed by atoms with Crippen molar-refractivity contribution in [2.24, 2.45) is 5.92 Å². The van der Waals surface area contributed by atoms with Gasteiger partial charge in [-0.25, -0.2) is 8.42 Å². The Labute approximate surface area is 114 Å². The van der Waals surface area contributed by atoms with Gasteiger partial charge in [0.1, 0.15) is 9.84 Å². The van der Waals surface area contributed by atoms with Gasteiger partial charge in [0, 0.05) is 23.7 Å². The van der Waals surface area contributed by atoms with Gasteiger partial charge in [-0.1, -0.05) is 12.5 Å². The monoisotopic (exact) mass is 283 g/mol. The molecule has 0 bridgehead atoms. The molecular weight excluding hydrogens is 262 g/mol. The molecule has 2 rings (SSSR count). The molecular formula is C14H21NO3S. The molecule has 1 N–H and O–H groups in total. The lowest BCUT2D eigenvalue weighted by atomic mass is 9.82. The third-order valence-corrected chi connectivity index (χ3v) is 5.72. The van der Waals surface area contributed by atoms with Crippen molar-refractivity contribution >= 4 is 9.84 Å². The van der Waals surface area contributed by atoms with Crippen molar-refractivity contribution in [1.29, 1.82) is 0 Å². The summed E-state index contributed by atoms with van der Waals surface area (Å²) in [5, 5.41) is 10.2. The second-order valence-corrected chi connectivity index (χ2v) is 7.83. The minimum absolute atomic E-state index is 0.0105. The van der Waals surface area contributed by atoms with E-state index in [1.54, 1.807) is 6.20 Å². The lowest BCUT2D eigenvalue weighted by Gasteiger charge is -2.31. The molecule has 1 aliphatic rings. The Morgan fingerprint density at radius 3 is 2.79 bits per heavy atom. The van der Waals surface area contributed by atoms with Crippen LogP contribution in [0.4, 0.5) is 0 Å². The van der Waals surface area contributed by atoms with Crippen LogP contribution in [0.25, 0.3) is 0 Å². The Morgan fingerprint density at radius 2 is 2.16 bits per heavy atom. The molecule has 1 heterocycles. The fourth-order valence-corrected chi connectivity index (χ4v) is 4.11. The topological polar surface area (TPSA) is 67.3 Å². The second kappa shape index (κ2) is 5.59. The van der Waals surface area contributed by atoms with E-state index in [1.807, 2.05) is 19.1 Å². The average Bonchev–Trinajstić information content (AvgIpc) is 2.38. The van der Waals surface area contributed by atoms with Crippen LogP contribution in [0.2, 0.25) is 0 Å². The number of hydrogen-bond acceptors (Lipinski definition) is 4. The number of hydrogen-bond donors (Lipinski definition) is 1. The lowest BCUT2D eigenvalue weighted by Crippen LogP contribution is -2.30. The summed E-state index contributed by atoms with van der Waals surface area (Å²) < 4.78 is 23.3. The van der Waals surface area contributed by atoms with Crippen LogP contribution >= 0.6 is 0 Å². The number of aryl methyl sites for hydroxylation is 1. The second-order valence-electron chi connectivity index (χ2n) is 5.50. The van der Waals surface area contributed by atoms with Gasteiger partial charge in [-0.3, -0.25) is 4.98 Å². The van der Waals surface area contributed by atoms with E-state index in [0.29, 0.717) is 12.8 Å². The maximum atomic E-state index is 11.7. The van der Waals surface area contributed by atoms with Crippen molar-refractivity contribution in [3.8, 4) is 0 Å². The van der Waals surface area contributed by atoms with Crippen molar-refractivity contribution < 1.29 is 13.5 Å². The number of rotatable bonds is 3. The van der Waals surface area contributed by atoms with E-state index >= 15 is 0 Å². The summed E-state index contributed by atoms with van der Waals surface area (Å²) in [6.07, 6.45) is 5.38. The van der Waals surface area contributed by atoms with Crippen LogP contribution in [0.15, 0.2) is 18.3 Å². The molecule has 0 saturated heterocycles. The molecule has 0 radical (unpaired) electrons. The number of aliphatic hydroxyl groups is 1. The third-order valence-electron chi connectivity index (χ3n) is 4.09. The molecule has 1 fully saturated rings. The first-order chi connectivity index (χ1) is 8.89. The smallest absolute Gasteiger partial charge is 0.150 e. The molecule has 5 heteroatoms. The molecule has 0 amide bonds. The van der Waals surface area contributed by atoms with Crippen molar-refractivity contribution in [3.63, 3.8) is 0 Å². The Morgan fingerprint density at radius 1 is 1.42 bits per heavy atom. The predicted molar refractivity (Wildman–Crippen MR) is 74.5 cm³/mol. The molecule has 106 valence electrons. The fraction of sp³-hybridized carbons (Fsp3) is 0.643. The van der Waals surface area contributed by atoms with Crippen molar-refractivity contribution in [2.75, 3.05) is 6.26 Å². The highest BCUT2D eigenvalue weighted by molar-refractivity contribution is 7.91. The van der Waals surface area contributed by atoms with Crippen LogP contribution in [-0.2, 0) is 9.84 Å². The number of nitrogens with zero attached hydrogens (tertiary/aromatic N) is 1. The molecule has 0 aliphatic heterocycles. The molecule has 0 spiro atoms. The first kappa shape index (κ1) is 14.5. The number of aromatic nitrogens is 1. The molecule has 4 nitrogen and oxygen atoms in total. The number of aliphatic hydroxyl groups excluding tert-OH is 1. The number of pyridine rings is 1. The first-order valence-corrected chi connectivity index (χ1v) is 8.63. The van der Waals surface area contributed by atoms with Crippen LogP contribution in [-0.4, -0.2) is 30.0 Å².